The molecule has 0 saturated carbocycles. The van der Waals surface area contributed by atoms with Gasteiger partial charge in [-0.2, -0.15) is 22.0 Å². The Morgan fingerprint density at radius 3 is 1.54 bits per heavy atom. The van der Waals surface area contributed by atoms with Crippen molar-refractivity contribution in [2.75, 3.05) is 0 Å². The fourth-order valence-electron chi connectivity index (χ4n) is 0.440. The maximum absolute atomic E-state index is 12.2. The molecule has 0 aliphatic rings. The summed E-state index contributed by atoms with van der Waals surface area (Å²) in [6.07, 6.45) is -7.05. The summed E-state index contributed by atoms with van der Waals surface area (Å²) >= 11 is 15.5. The molecule has 0 bridgehead atoms. The highest BCUT2D eigenvalue weighted by Crippen LogP contribution is 2.41. The maximum atomic E-state index is 12.2. The summed E-state index contributed by atoms with van der Waals surface area (Å²) < 4.78 is 59.0. The molecule has 0 aliphatic heterocycles. The molecule has 0 amide bonds. The fourth-order valence-corrected chi connectivity index (χ4v) is 1.89. The number of halogens is 8. The van der Waals surface area contributed by atoms with Gasteiger partial charge in [-0.3, -0.25) is 0 Å². The molecule has 0 radical (unpaired) electrons. The van der Waals surface area contributed by atoms with Crippen LogP contribution in [0.2, 0.25) is 6.04 Å². The largest absolute Gasteiger partial charge is 0.453 e. The normalized spacial score (nSPS) is 14.8. The van der Waals surface area contributed by atoms with Crippen molar-refractivity contribution in [2.45, 2.75) is 24.6 Å². The van der Waals surface area contributed by atoms with Crippen molar-refractivity contribution in [3.63, 3.8) is 0 Å². The zero-order valence-corrected chi connectivity index (χ0v) is 9.21. The predicted molar refractivity (Wildman–Crippen MR) is 43.7 cm³/mol. The number of hydrogen-bond donors (Lipinski definition) is 0. The van der Waals surface area contributed by atoms with Crippen LogP contribution in [0.25, 0.3) is 0 Å². The molecular weight excluding hydrogens is 277 g/mol. The van der Waals surface area contributed by atoms with E-state index in [0.717, 1.165) is 0 Å². The van der Waals surface area contributed by atoms with E-state index >= 15 is 0 Å². The first-order valence-electron chi connectivity index (χ1n) is 2.97. The van der Waals surface area contributed by atoms with Crippen LogP contribution in [0.3, 0.4) is 0 Å². The third-order valence-electron chi connectivity index (χ3n) is 1.14. The Bertz CT molecular complexity index is 174. The van der Waals surface area contributed by atoms with Crippen molar-refractivity contribution in [3.05, 3.63) is 0 Å². The highest BCUT2D eigenvalue weighted by Gasteiger charge is 2.57. The Morgan fingerprint density at radius 1 is 0.923 bits per heavy atom. The minimum atomic E-state index is -5.57. The molecule has 0 N–H and O–H groups in total. The van der Waals surface area contributed by atoms with E-state index in [0.29, 0.717) is 0 Å². The van der Waals surface area contributed by atoms with Gasteiger partial charge in [-0.05, 0) is 6.04 Å². The van der Waals surface area contributed by atoms with E-state index in [4.69, 9.17) is 33.2 Å². The Kier molecular flexibility index (Phi) is 4.31. The molecule has 0 aromatic rings. The van der Waals surface area contributed by atoms with Crippen LogP contribution in [-0.4, -0.2) is 18.1 Å². The van der Waals surface area contributed by atoms with Gasteiger partial charge < -0.3 is 0 Å². The van der Waals surface area contributed by atoms with Crippen molar-refractivity contribution in [3.8, 4) is 0 Å². The van der Waals surface area contributed by atoms with Crippen molar-refractivity contribution < 1.29 is 22.0 Å². The van der Waals surface area contributed by atoms with E-state index in [1.165, 1.54) is 0 Å². The molecule has 0 aromatic carbocycles. The minimum absolute atomic E-state index is 0.718. The highest BCUT2D eigenvalue weighted by atomic mass is 35.8. The Morgan fingerprint density at radius 2 is 1.31 bits per heavy atom. The van der Waals surface area contributed by atoms with Gasteiger partial charge in [0.05, 0.1) is 0 Å². The monoisotopic (exact) mass is 280 g/mol. The molecule has 0 heterocycles. The first-order valence-corrected chi connectivity index (χ1v) is 8.21. The molecule has 0 unspecified atom stereocenters. The van der Waals surface area contributed by atoms with E-state index < -0.39 is 30.6 Å². The number of alkyl halides is 5. The lowest BCUT2D eigenvalue weighted by Crippen LogP contribution is -2.37. The second-order valence-corrected chi connectivity index (χ2v) is 11.6. The smallest absolute Gasteiger partial charge is 0.196 e. The Labute approximate surface area is 86.1 Å². The van der Waals surface area contributed by atoms with E-state index in [-0.39, 0.29) is 0 Å². The summed E-state index contributed by atoms with van der Waals surface area (Å²) in [5.41, 5.74) is 0. The summed E-state index contributed by atoms with van der Waals surface area (Å²) in [5, 5.41) is 0. The summed E-state index contributed by atoms with van der Waals surface area (Å²) in [6.45, 7) is 0. The van der Waals surface area contributed by atoms with Crippen LogP contribution < -0.4 is 0 Å². The first-order chi connectivity index (χ1) is 5.46. The maximum Gasteiger partial charge on any atom is 0.453 e. The average molecular weight is 282 g/mol. The molecule has 0 nitrogen and oxygen atoms in total. The lowest BCUT2D eigenvalue weighted by atomic mass is 10.2. The quantitative estimate of drug-likeness (QED) is 0.412. The van der Waals surface area contributed by atoms with Crippen molar-refractivity contribution in [2.24, 2.45) is 0 Å². The van der Waals surface area contributed by atoms with Gasteiger partial charge >= 0.3 is 18.1 Å². The van der Waals surface area contributed by atoms with Crippen LogP contribution in [0, 0.1) is 0 Å². The van der Waals surface area contributed by atoms with E-state index in [1.807, 2.05) is 0 Å². The SMILES string of the molecule is FC(F)(F)C(F)(F)CC[Si](Cl)(Cl)Cl. The van der Waals surface area contributed by atoms with Gasteiger partial charge in [-0.25, -0.2) is 0 Å². The van der Waals surface area contributed by atoms with Gasteiger partial charge in [0, 0.05) is 6.42 Å². The molecule has 0 atom stereocenters. The van der Waals surface area contributed by atoms with Gasteiger partial charge in [-0.1, -0.05) is 0 Å². The van der Waals surface area contributed by atoms with Crippen molar-refractivity contribution in [1.82, 2.24) is 0 Å². The summed E-state index contributed by atoms with van der Waals surface area (Å²) in [7, 11) is 0. The van der Waals surface area contributed by atoms with Crippen molar-refractivity contribution >= 4 is 39.2 Å². The van der Waals surface area contributed by atoms with Crippen LogP contribution in [0.4, 0.5) is 22.0 Å². The van der Waals surface area contributed by atoms with Gasteiger partial charge in [0.2, 0.25) is 0 Å². The summed E-state index contributed by atoms with van der Waals surface area (Å²) in [6, 6.07) is -4.13. The second kappa shape index (κ2) is 4.08. The number of hydrogen-bond acceptors (Lipinski definition) is 0. The van der Waals surface area contributed by atoms with Crippen LogP contribution >= 0.6 is 33.2 Å². The average Bonchev–Trinajstić information content (AvgIpc) is 1.79. The van der Waals surface area contributed by atoms with Gasteiger partial charge in [0.15, 0.2) is 0 Å². The molecule has 0 aliphatic carbocycles. The van der Waals surface area contributed by atoms with Crippen LogP contribution in [0.15, 0.2) is 0 Å². The zero-order chi connectivity index (χ0) is 10.9. The topological polar surface area (TPSA) is 0 Å². The standard InChI is InChI=1S/C4H4Cl3F5Si/c5-13(6,7)2-1-3(8,9)4(10,11)12/h1-2H2. The summed E-state index contributed by atoms with van der Waals surface area (Å²) in [4.78, 5) is 0. The van der Waals surface area contributed by atoms with Crippen LogP contribution in [0.5, 0.6) is 0 Å². The third kappa shape index (κ3) is 5.24. The molecule has 0 saturated heterocycles. The van der Waals surface area contributed by atoms with Gasteiger partial charge in [0.25, 0.3) is 0 Å². The molecule has 13 heavy (non-hydrogen) atoms. The van der Waals surface area contributed by atoms with Crippen LogP contribution in [0.1, 0.15) is 6.42 Å². The van der Waals surface area contributed by atoms with E-state index in [9.17, 15) is 22.0 Å². The number of rotatable bonds is 3. The molecule has 0 aromatic heterocycles. The van der Waals surface area contributed by atoms with E-state index in [1.54, 1.807) is 0 Å². The highest BCUT2D eigenvalue weighted by molar-refractivity contribution is 7.64. The minimum Gasteiger partial charge on any atom is -0.196 e. The molecule has 9 heteroatoms. The second-order valence-electron chi connectivity index (χ2n) is 2.32. The fraction of sp³-hybridized carbons (Fsp3) is 1.00. The Hall–Kier alpha value is 0.737. The van der Waals surface area contributed by atoms with E-state index in [2.05, 4.69) is 0 Å². The predicted octanol–water partition coefficient (Wildman–Crippen LogP) is 4.23. The Balaban J connectivity index is 4.21. The first kappa shape index (κ1) is 13.7. The van der Waals surface area contributed by atoms with Crippen molar-refractivity contribution in [1.29, 1.82) is 0 Å². The van der Waals surface area contributed by atoms with Gasteiger partial charge in [0.1, 0.15) is 0 Å². The zero-order valence-electron chi connectivity index (χ0n) is 5.94. The lowest BCUT2D eigenvalue weighted by molar-refractivity contribution is -0.282. The molecule has 0 rings (SSSR count). The molecule has 0 fully saturated rings. The summed E-state index contributed by atoms with van der Waals surface area (Å²) in [5.74, 6) is -4.77. The molecular formula is C4H4Cl3F5Si. The molecule has 80 valence electrons. The van der Waals surface area contributed by atoms with Crippen LogP contribution in [-0.2, 0) is 0 Å². The third-order valence-corrected chi connectivity index (χ3v) is 3.65. The lowest BCUT2D eigenvalue weighted by Gasteiger charge is -2.20. The molecule has 0 spiro atoms. The van der Waals surface area contributed by atoms with Gasteiger partial charge in [-0.15, -0.1) is 33.2 Å².